The number of carbonyl (C=O) groups excluding carboxylic acids is 3. The van der Waals surface area contributed by atoms with Gasteiger partial charge in [-0.3, -0.25) is 80.0 Å². The summed E-state index contributed by atoms with van der Waals surface area (Å²) in [5.41, 5.74) is 34.4. The van der Waals surface area contributed by atoms with Gasteiger partial charge in [-0.1, -0.05) is 42.5 Å². The van der Waals surface area contributed by atoms with Crippen molar-refractivity contribution in [2.45, 2.75) is 54.5 Å². The summed E-state index contributed by atoms with van der Waals surface area (Å²) in [5.74, 6) is 1.28. The molecule has 0 spiro atoms. The van der Waals surface area contributed by atoms with Crippen molar-refractivity contribution in [1.82, 2.24) is 69.5 Å². The second-order valence-corrected chi connectivity index (χ2v) is 29.0. The number of amidine groups is 1. The number of nitro groups is 3. The van der Waals surface area contributed by atoms with Crippen LogP contribution in [0.5, 0.6) is 0 Å². The van der Waals surface area contributed by atoms with Gasteiger partial charge in [0.2, 0.25) is 17.8 Å². The molecule has 34 heteroatoms. The fourth-order valence-electron chi connectivity index (χ4n) is 11.6. The van der Waals surface area contributed by atoms with Crippen LogP contribution in [0.4, 0.5) is 69.0 Å². The average Bonchev–Trinajstić information content (AvgIpc) is 0.772. The van der Waals surface area contributed by atoms with Crippen LogP contribution in [0.3, 0.4) is 0 Å². The van der Waals surface area contributed by atoms with Crippen LogP contribution < -0.4 is 38.5 Å². The van der Waals surface area contributed by atoms with Crippen LogP contribution in [0.2, 0.25) is 0 Å². The molecule has 11 N–H and O–H groups in total. The number of nitrogens with two attached hydrogens (primary N) is 3. The molecule has 0 atom stereocenters. The third kappa shape index (κ3) is 31.0. The number of Topliss-reactive ketones (excluding diaryl/α,β-unsaturated/α-hetero) is 1. The summed E-state index contributed by atoms with van der Waals surface area (Å²) in [5, 5.41) is 51.2. The Morgan fingerprint density at radius 3 is 1.33 bits per heavy atom. The number of nitrogens with one attached hydrogen (secondary N) is 5. The Morgan fingerprint density at radius 1 is 0.477 bits per heavy atom. The van der Waals surface area contributed by atoms with E-state index in [-0.39, 0.29) is 46.8 Å². The molecule has 6 aromatic carbocycles. The summed E-state index contributed by atoms with van der Waals surface area (Å²) >= 11 is 0. The van der Waals surface area contributed by atoms with E-state index in [1.807, 2.05) is 156 Å². The SMILES string of the molecule is CC(=O)c1cccnc1.CN(C)/C=C/C(=O)c1cccnc1.Cc1ccc(N)cc1Nc1nccc(-c2cccnc2)n1.Cc1ccc(NC(=O)c2ccc(CN3CCN(C)CC3)cc2)cc1Nc1nccc(-c2cccnc2)n1.Cc1ccc([N+](=O)[O-])cc1CC(=N)N.Cc1ccc([N+](=O)[O-])cc1N.Cc1ccc([N+](=O)[O-])cc1Nc1nccc(-c2cccnc2)n1. The van der Waals surface area contributed by atoms with E-state index in [1.165, 1.54) is 55.0 Å². The zero-order valence-electron chi connectivity index (χ0n) is 71.9. The first-order chi connectivity index (χ1) is 61.5. The van der Waals surface area contributed by atoms with E-state index in [0.29, 0.717) is 57.3 Å². The maximum Gasteiger partial charge on any atom is 0.271 e. The molecule has 1 aliphatic rings. The van der Waals surface area contributed by atoms with E-state index in [2.05, 4.69) is 92.9 Å². The van der Waals surface area contributed by atoms with Gasteiger partial charge in [0.05, 0.1) is 43.4 Å². The zero-order valence-corrected chi connectivity index (χ0v) is 71.9. The first-order valence-corrected chi connectivity index (χ1v) is 39.8. The highest BCUT2D eigenvalue weighted by Gasteiger charge is 2.18. The van der Waals surface area contributed by atoms with Gasteiger partial charge in [-0.2, -0.15) is 0 Å². The number of aromatic nitrogens is 11. The van der Waals surface area contributed by atoms with Gasteiger partial charge in [0.1, 0.15) is 0 Å². The van der Waals surface area contributed by atoms with Crippen LogP contribution in [0.25, 0.3) is 33.8 Å². The number of nitro benzene ring substituents is 3. The first kappa shape index (κ1) is 95.1. The Balaban J connectivity index is 0.000000178. The standard InChI is InChI=1S/C29H31N7O.C16H13N5O2.C16H15N5.C10H12N2O.C9H11N3O2.C7H8N2O2.C7H7NO/c1-21-5-10-25(18-27(21)34-29-31-13-11-26(33-29)24-4-3-12-30-19-24)32-28(37)23-8-6-22(7-9-23)20-36-16-14-35(2)15-17-36;1-11-4-5-13(21(22)23)9-15(11)20-16-18-8-6-14(19-16)12-3-2-7-17-10-12;1-11-4-5-13(17)9-15(11)21-16-19-8-6-14(20-16)12-3-2-7-18-10-12;1-12(2)7-5-10(13)9-4-3-6-11-8-9;1-6-2-3-8(12(13)14)4-7(6)5-9(10)11;1-5-2-3-6(9(10)11)4-7(5)8;1-6(9)7-3-2-4-8-5-7/h3-13,18-19H,14-17,20H2,1-2H3,(H,32,37)(H,31,33,34);2-10H,1H3,(H,18,19,20);2-10H,17H2,1H3,(H,19,20,21);3-8H,1-2H3;2-4H,5H2,1H3,(H3,10,11);2-4H,8H2,1H3;2-5H,1H3/b;;;7-5+;;;. The first-order valence-electron chi connectivity index (χ1n) is 39.8. The molecular formula is C94H97N25O9. The second kappa shape index (κ2) is 48.2. The van der Waals surface area contributed by atoms with Crippen molar-refractivity contribution in [3.63, 3.8) is 0 Å². The Morgan fingerprint density at radius 2 is 0.898 bits per heavy atom. The van der Waals surface area contributed by atoms with Crippen LogP contribution >= 0.6 is 0 Å². The fourth-order valence-corrected chi connectivity index (χ4v) is 11.6. The lowest BCUT2D eigenvalue weighted by Crippen LogP contribution is -2.43. The number of pyridine rings is 5. The summed E-state index contributed by atoms with van der Waals surface area (Å²) < 4.78 is 0. The molecule has 1 fully saturated rings. The Kier molecular flexibility index (Phi) is 35.8. The van der Waals surface area contributed by atoms with Gasteiger partial charge in [0, 0.05) is 244 Å². The number of rotatable bonds is 22. The number of benzene rings is 6. The minimum Gasteiger partial charge on any atom is -0.399 e. The molecule has 1 amide bonds. The molecule has 1 aliphatic heterocycles. The van der Waals surface area contributed by atoms with E-state index >= 15 is 0 Å². The summed E-state index contributed by atoms with van der Waals surface area (Å²) in [7, 11) is 5.90. The molecule has 14 aromatic rings. The number of hydrogen-bond acceptors (Lipinski definition) is 29. The molecule has 0 radical (unpaired) electrons. The van der Waals surface area contributed by atoms with E-state index in [1.54, 1.807) is 142 Å². The van der Waals surface area contributed by atoms with E-state index < -0.39 is 14.8 Å². The number of piperazine rings is 1. The topological polar surface area (TPSA) is 482 Å². The lowest BCUT2D eigenvalue weighted by Gasteiger charge is -2.32. The maximum absolute atomic E-state index is 12.9. The Labute approximate surface area is 739 Å². The number of carbonyl (C=O) groups is 3. The third-order valence-corrected chi connectivity index (χ3v) is 18.9. The summed E-state index contributed by atoms with van der Waals surface area (Å²) in [4.78, 5) is 118. The number of ketones is 2. The molecule has 128 heavy (non-hydrogen) atoms. The molecule has 0 saturated carbocycles. The molecule has 1 saturated heterocycles. The van der Waals surface area contributed by atoms with Crippen LogP contribution in [0, 0.1) is 70.4 Å². The van der Waals surface area contributed by atoms with Crippen molar-refractivity contribution >= 4 is 92.3 Å². The minimum atomic E-state index is -0.462. The molecule has 8 aromatic heterocycles. The molecule has 0 unspecified atom stereocenters. The fraction of sp³-hybridized carbons (Fsp3) is 0.160. The maximum atomic E-state index is 12.9. The summed E-state index contributed by atoms with van der Waals surface area (Å²) in [6.45, 7) is 16.3. The Bertz CT molecular complexity index is 6100. The number of likely N-dealkylation sites (N-methyl/N-ethyl adjacent to an activating group) is 1. The van der Waals surface area contributed by atoms with Gasteiger partial charge in [0.15, 0.2) is 11.6 Å². The highest BCUT2D eigenvalue weighted by Crippen LogP contribution is 2.29. The average molecular weight is 1720 g/mol. The summed E-state index contributed by atoms with van der Waals surface area (Å²) in [6, 6.07) is 56.8. The number of nitrogen functional groups attached to an aromatic ring is 2. The molecule has 0 aliphatic carbocycles. The van der Waals surface area contributed by atoms with E-state index in [9.17, 15) is 44.7 Å². The van der Waals surface area contributed by atoms with Crippen molar-refractivity contribution in [3.05, 3.63) is 373 Å². The smallest absolute Gasteiger partial charge is 0.271 e. The van der Waals surface area contributed by atoms with Crippen LogP contribution in [0.15, 0.2) is 287 Å². The van der Waals surface area contributed by atoms with Gasteiger partial charge < -0.3 is 48.3 Å². The highest BCUT2D eigenvalue weighted by molar-refractivity contribution is 6.05. The number of anilines is 9. The molecule has 0 bridgehead atoms. The molecule has 652 valence electrons. The van der Waals surface area contributed by atoms with Crippen molar-refractivity contribution < 1.29 is 29.2 Å². The number of hydrogen-bond donors (Lipinski definition) is 8. The number of non-ortho nitro benzene ring substituents is 3. The molecule has 9 heterocycles. The van der Waals surface area contributed by atoms with Crippen LogP contribution in [0.1, 0.15) is 76.9 Å². The van der Waals surface area contributed by atoms with Gasteiger partial charge in [0.25, 0.3) is 23.0 Å². The van der Waals surface area contributed by atoms with E-state index in [0.717, 1.165) is 111 Å². The Hall–Kier alpha value is -16.8. The van der Waals surface area contributed by atoms with Crippen molar-refractivity contribution in [2.24, 2.45) is 5.73 Å². The van der Waals surface area contributed by atoms with Gasteiger partial charge in [-0.15, -0.1) is 0 Å². The summed E-state index contributed by atoms with van der Waals surface area (Å²) in [6.07, 6.45) is 25.4. The van der Waals surface area contributed by atoms with Gasteiger partial charge in [-0.05, 0) is 203 Å². The largest absolute Gasteiger partial charge is 0.399 e. The molecule has 15 rings (SSSR count). The van der Waals surface area contributed by atoms with Crippen molar-refractivity contribution in [3.8, 4) is 33.8 Å². The van der Waals surface area contributed by atoms with Gasteiger partial charge >= 0.3 is 0 Å². The lowest BCUT2D eigenvalue weighted by atomic mass is 10.0. The lowest BCUT2D eigenvalue weighted by molar-refractivity contribution is -0.385. The van der Waals surface area contributed by atoms with Crippen molar-refractivity contribution in [1.29, 1.82) is 5.41 Å². The third-order valence-electron chi connectivity index (χ3n) is 18.9. The second-order valence-electron chi connectivity index (χ2n) is 29.0. The predicted octanol–water partition coefficient (Wildman–Crippen LogP) is 16.8. The van der Waals surface area contributed by atoms with Crippen LogP contribution in [-0.4, -0.2) is 155 Å². The van der Waals surface area contributed by atoms with Crippen LogP contribution in [-0.2, 0) is 13.0 Å². The number of amides is 1. The minimum absolute atomic E-state index is 0.00796. The number of nitrogens with zero attached hydrogens (tertiary/aromatic N) is 17. The normalized spacial score (nSPS) is 11.3. The molecule has 34 nitrogen and oxygen atoms in total. The van der Waals surface area contributed by atoms with Gasteiger partial charge in [-0.25, -0.2) is 29.9 Å². The molecular weight excluding hydrogens is 1620 g/mol. The van der Waals surface area contributed by atoms with Crippen molar-refractivity contribution in [2.75, 3.05) is 80.1 Å². The highest BCUT2D eigenvalue weighted by atomic mass is 16.6. The van der Waals surface area contributed by atoms with E-state index in [4.69, 9.17) is 22.6 Å². The predicted molar refractivity (Wildman–Crippen MR) is 499 cm³/mol. The zero-order chi connectivity index (χ0) is 92.0. The monoisotopic (exact) mass is 1720 g/mol. The quantitative estimate of drug-likeness (QED) is 0.00594. The number of allylic oxidation sites excluding steroid dienone is 1. The number of aryl methyl sites for hydroxylation is 5.